The summed E-state index contributed by atoms with van der Waals surface area (Å²) in [5, 5.41) is 0. The fourth-order valence-corrected chi connectivity index (χ4v) is 2.47. The van der Waals surface area contributed by atoms with Crippen molar-refractivity contribution in [2.75, 3.05) is 6.54 Å². The summed E-state index contributed by atoms with van der Waals surface area (Å²) in [7, 11) is 0. The van der Waals surface area contributed by atoms with Gasteiger partial charge in [-0.25, -0.2) is 0 Å². The highest BCUT2D eigenvalue weighted by atomic mass is 16.2. The van der Waals surface area contributed by atoms with Gasteiger partial charge in [-0.2, -0.15) is 0 Å². The summed E-state index contributed by atoms with van der Waals surface area (Å²) in [6, 6.07) is 2.02. The fourth-order valence-electron chi connectivity index (χ4n) is 2.47. The molecule has 2 heterocycles. The molecular formula is C13H18N2O2. The molecule has 1 aromatic heterocycles. The van der Waals surface area contributed by atoms with Crippen LogP contribution in [0.4, 0.5) is 0 Å². The molecule has 1 fully saturated rings. The van der Waals surface area contributed by atoms with E-state index >= 15 is 0 Å². The quantitative estimate of drug-likeness (QED) is 0.805. The average Bonchev–Trinajstić information content (AvgIpc) is 2.32. The molecule has 1 atom stereocenters. The second kappa shape index (κ2) is 4.73. The van der Waals surface area contributed by atoms with Crippen molar-refractivity contribution >= 4 is 5.91 Å². The second-order valence-electron chi connectivity index (χ2n) is 4.67. The van der Waals surface area contributed by atoms with E-state index in [1.165, 1.54) is 0 Å². The molecule has 4 nitrogen and oxygen atoms in total. The van der Waals surface area contributed by atoms with Crippen LogP contribution in [0.5, 0.6) is 0 Å². The lowest BCUT2D eigenvalue weighted by Crippen LogP contribution is -2.37. The van der Waals surface area contributed by atoms with Crippen molar-refractivity contribution in [1.29, 1.82) is 0 Å². The van der Waals surface area contributed by atoms with Crippen LogP contribution in [-0.4, -0.2) is 22.3 Å². The average molecular weight is 234 g/mol. The number of nitrogens with one attached hydrogen (secondary N) is 1. The highest BCUT2D eigenvalue weighted by Crippen LogP contribution is 2.30. The second-order valence-corrected chi connectivity index (χ2v) is 4.67. The SMILES string of the molecule is CC(=O)N1CCCCC1c1c[nH]c(=O)c(C)c1. The molecular weight excluding hydrogens is 216 g/mol. The van der Waals surface area contributed by atoms with Gasteiger partial charge in [0.25, 0.3) is 5.56 Å². The number of rotatable bonds is 1. The summed E-state index contributed by atoms with van der Waals surface area (Å²) in [5.74, 6) is 0.110. The van der Waals surface area contributed by atoms with Crippen LogP contribution in [0.2, 0.25) is 0 Å². The summed E-state index contributed by atoms with van der Waals surface area (Å²) in [6.07, 6.45) is 4.91. The van der Waals surface area contributed by atoms with Crippen LogP contribution in [0.3, 0.4) is 0 Å². The third-order valence-electron chi connectivity index (χ3n) is 3.40. The van der Waals surface area contributed by atoms with E-state index in [-0.39, 0.29) is 17.5 Å². The van der Waals surface area contributed by atoms with Crippen molar-refractivity contribution in [2.45, 2.75) is 39.2 Å². The molecule has 0 aliphatic carbocycles. The third kappa shape index (κ3) is 2.40. The molecule has 1 unspecified atom stereocenters. The number of carbonyl (C=O) groups is 1. The van der Waals surface area contributed by atoms with Gasteiger partial charge in [0.1, 0.15) is 0 Å². The number of hydrogen-bond donors (Lipinski definition) is 1. The number of aromatic amines is 1. The molecule has 17 heavy (non-hydrogen) atoms. The van der Waals surface area contributed by atoms with Gasteiger partial charge in [-0.3, -0.25) is 9.59 Å². The number of amides is 1. The van der Waals surface area contributed by atoms with Gasteiger partial charge in [0.15, 0.2) is 0 Å². The molecule has 4 heteroatoms. The number of aromatic nitrogens is 1. The Morgan fingerprint density at radius 1 is 1.47 bits per heavy atom. The number of hydrogen-bond acceptors (Lipinski definition) is 2. The van der Waals surface area contributed by atoms with Crippen molar-refractivity contribution in [3.63, 3.8) is 0 Å². The van der Waals surface area contributed by atoms with E-state index in [2.05, 4.69) is 4.98 Å². The Morgan fingerprint density at radius 2 is 2.24 bits per heavy atom. The molecule has 1 aromatic rings. The first-order chi connectivity index (χ1) is 8.09. The Morgan fingerprint density at radius 3 is 2.88 bits per heavy atom. The number of pyridine rings is 1. The van der Waals surface area contributed by atoms with Gasteiger partial charge in [-0.15, -0.1) is 0 Å². The molecule has 0 aromatic carbocycles. The Labute approximate surface area is 101 Å². The lowest BCUT2D eigenvalue weighted by atomic mass is 9.95. The number of nitrogens with zero attached hydrogens (tertiary/aromatic N) is 1. The van der Waals surface area contributed by atoms with Crippen molar-refractivity contribution in [1.82, 2.24) is 9.88 Å². The topological polar surface area (TPSA) is 53.2 Å². The standard InChI is InChI=1S/C13H18N2O2/c1-9-7-11(8-14-13(9)17)12-5-3-4-6-15(12)10(2)16/h7-8,12H,3-6H2,1-2H3,(H,14,17). The first-order valence-corrected chi connectivity index (χ1v) is 6.06. The van der Waals surface area contributed by atoms with Crippen LogP contribution >= 0.6 is 0 Å². The predicted octanol–water partition coefficient (Wildman–Crippen LogP) is 1.76. The minimum Gasteiger partial charge on any atom is -0.336 e. The normalized spacial score (nSPS) is 20.4. The highest BCUT2D eigenvalue weighted by Gasteiger charge is 2.25. The van der Waals surface area contributed by atoms with Crippen molar-refractivity contribution in [2.24, 2.45) is 0 Å². The maximum atomic E-state index is 11.6. The monoisotopic (exact) mass is 234 g/mol. The van der Waals surface area contributed by atoms with E-state index < -0.39 is 0 Å². The summed E-state index contributed by atoms with van der Waals surface area (Å²) >= 11 is 0. The van der Waals surface area contributed by atoms with E-state index in [4.69, 9.17) is 0 Å². The number of likely N-dealkylation sites (tertiary alicyclic amines) is 1. The van der Waals surface area contributed by atoms with Gasteiger partial charge in [0.05, 0.1) is 6.04 Å². The maximum absolute atomic E-state index is 11.6. The largest absolute Gasteiger partial charge is 0.336 e. The van der Waals surface area contributed by atoms with Crippen LogP contribution in [0, 0.1) is 6.92 Å². The molecule has 0 radical (unpaired) electrons. The van der Waals surface area contributed by atoms with Crippen LogP contribution in [0.1, 0.15) is 43.4 Å². The van der Waals surface area contributed by atoms with Gasteiger partial charge in [-0.05, 0) is 37.8 Å². The molecule has 0 saturated carbocycles. The Balaban J connectivity index is 2.32. The maximum Gasteiger partial charge on any atom is 0.250 e. The lowest BCUT2D eigenvalue weighted by Gasteiger charge is -2.35. The van der Waals surface area contributed by atoms with E-state index in [9.17, 15) is 9.59 Å². The summed E-state index contributed by atoms with van der Waals surface area (Å²) in [4.78, 5) is 27.6. The molecule has 0 spiro atoms. The number of aryl methyl sites for hydroxylation is 1. The van der Waals surface area contributed by atoms with E-state index in [1.807, 2.05) is 11.0 Å². The minimum absolute atomic E-state index is 0.0565. The predicted molar refractivity (Wildman–Crippen MR) is 65.8 cm³/mol. The van der Waals surface area contributed by atoms with Crippen LogP contribution in [-0.2, 0) is 4.79 Å². The molecule has 1 amide bonds. The molecule has 92 valence electrons. The first kappa shape index (κ1) is 11.9. The fraction of sp³-hybridized carbons (Fsp3) is 0.538. The summed E-state index contributed by atoms with van der Waals surface area (Å²) in [6.45, 7) is 4.22. The lowest BCUT2D eigenvalue weighted by molar-refractivity contribution is -0.132. The van der Waals surface area contributed by atoms with Crippen molar-refractivity contribution in [3.8, 4) is 0 Å². The number of H-pyrrole nitrogens is 1. The van der Waals surface area contributed by atoms with Gasteiger partial charge >= 0.3 is 0 Å². The van der Waals surface area contributed by atoms with Gasteiger partial charge < -0.3 is 9.88 Å². The van der Waals surface area contributed by atoms with Gasteiger partial charge in [-0.1, -0.05) is 0 Å². The third-order valence-corrected chi connectivity index (χ3v) is 3.40. The van der Waals surface area contributed by atoms with E-state index in [0.29, 0.717) is 5.56 Å². The molecule has 2 rings (SSSR count). The van der Waals surface area contributed by atoms with Gasteiger partial charge in [0, 0.05) is 25.2 Å². The van der Waals surface area contributed by atoms with Crippen molar-refractivity contribution in [3.05, 3.63) is 33.7 Å². The van der Waals surface area contributed by atoms with Crippen LogP contribution in [0.15, 0.2) is 17.1 Å². The number of carbonyl (C=O) groups excluding carboxylic acids is 1. The highest BCUT2D eigenvalue weighted by molar-refractivity contribution is 5.74. The zero-order valence-corrected chi connectivity index (χ0v) is 10.3. The van der Waals surface area contributed by atoms with E-state index in [0.717, 1.165) is 31.4 Å². The molecule has 1 aliphatic heterocycles. The number of piperidine rings is 1. The summed E-state index contributed by atoms with van der Waals surface area (Å²) < 4.78 is 0. The van der Waals surface area contributed by atoms with E-state index in [1.54, 1.807) is 20.0 Å². The van der Waals surface area contributed by atoms with Crippen LogP contribution < -0.4 is 5.56 Å². The molecule has 1 saturated heterocycles. The van der Waals surface area contributed by atoms with Crippen molar-refractivity contribution < 1.29 is 4.79 Å². The zero-order valence-electron chi connectivity index (χ0n) is 10.3. The Bertz CT molecular complexity index is 479. The molecule has 1 aliphatic rings. The minimum atomic E-state index is -0.0565. The first-order valence-electron chi connectivity index (χ1n) is 6.06. The van der Waals surface area contributed by atoms with Crippen LogP contribution in [0.25, 0.3) is 0 Å². The smallest absolute Gasteiger partial charge is 0.250 e. The Hall–Kier alpha value is -1.58. The summed E-state index contributed by atoms with van der Waals surface area (Å²) in [5.41, 5.74) is 1.69. The molecule has 1 N–H and O–H groups in total. The van der Waals surface area contributed by atoms with Gasteiger partial charge in [0.2, 0.25) is 5.91 Å². The molecule has 0 bridgehead atoms. The Kier molecular flexibility index (Phi) is 3.31. The zero-order chi connectivity index (χ0) is 12.4.